The Hall–Kier alpha value is -1.00. The number of hydrogen-bond donors (Lipinski definition) is 1. The molecule has 0 saturated heterocycles. The Morgan fingerprint density at radius 1 is 1.28 bits per heavy atom. The number of carboxylic acid groups (broad SMARTS) is 1. The lowest BCUT2D eigenvalue weighted by Gasteiger charge is -2.16. The smallest absolute Gasteiger partial charge is 0.335 e. The molecule has 0 bridgehead atoms. The van der Waals surface area contributed by atoms with Gasteiger partial charge in [-0.2, -0.15) is 11.8 Å². The molecule has 0 spiro atoms. The minimum absolute atomic E-state index is 0.348. The van der Waals surface area contributed by atoms with Crippen LogP contribution in [0.1, 0.15) is 28.8 Å². The zero-order valence-electron chi connectivity index (χ0n) is 11.1. The van der Waals surface area contributed by atoms with Crippen LogP contribution in [0, 0.1) is 0 Å². The molecule has 0 aromatic heterocycles. The van der Waals surface area contributed by atoms with Crippen molar-refractivity contribution in [2.75, 3.05) is 25.6 Å². The molecule has 0 saturated carbocycles. The zero-order valence-corrected chi connectivity index (χ0v) is 11.9. The third kappa shape index (κ3) is 5.56. The summed E-state index contributed by atoms with van der Waals surface area (Å²) in [6.45, 7) is 1.96. The molecule has 1 N–H and O–H groups in total. The van der Waals surface area contributed by atoms with Gasteiger partial charge in [-0.3, -0.25) is 0 Å². The van der Waals surface area contributed by atoms with Crippen molar-refractivity contribution in [1.82, 2.24) is 4.90 Å². The summed E-state index contributed by atoms with van der Waals surface area (Å²) in [5, 5.41) is 8.81. The third-order valence-corrected chi connectivity index (χ3v) is 3.49. The molecule has 1 aromatic carbocycles. The van der Waals surface area contributed by atoms with E-state index in [2.05, 4.69) is 18.2 Å². The van der Waals surface area contributed by atoms with E-state index in [1.54, 1.807) is 12.1 Å². The first-order chi connectivity index (χ1) is 8.63. The van der Waals surface area contributed by atoms with Crippen LogP contribution in [-0.2, 0) is 6.54 Å². The SMILES string of the molecule is CSCCCCN(C)Cc1ccc(C(=O)O)cc1. The van der Waals surface area contributed by atoms with Gasteiger partial charge < -0.3 is 10.0 Å². The molecule has 0 fully saturated rings. The highest BCUT2D eigenvalue weighted by Crippen LogP contribution is 2.08. The normalized spacial score (nSPS) is 10.8. The standard InChI is InChI=1S/C14H21NO2S/c1-15(9-3-4-10-18-2)11-12-5-7-13(8-6-12)14(16)17/h5-8H,3-4,9-11H2,1-2H3,(H,16,17). The Labute approximate surface area is 113 Å². The molecule has 0 heterocycles. The molecule has 0 unspecified atom stereocenters. The maximum absolute atomic E-state index is 10.7. The molecule has 0 aliphatic heterocycles. The van der Waals surface area contributed by atoms with Crippen molar-refractivity contribution in [2.24, 2.45) is 0 Å². The Bertz CT molecular complexity index is 365. The summed E-state index contributed by atoms with van der Waals surface area (Å²) in [7, 11) is 2.10. The predicted molar refractivity (Wildman–Crippen MR) is 77.4 cm³/mol. The number of rotatable bonds is 8. The average molecular weight is 267 g/mol. The molecule has 0 aliphatic rings. The van der Waals surface area contributed by atoms with Gasteiger partial charge in [-0.15, -0.1) is 0 Å². The first-order valence-corrected chi connectivity index (χ1v) is 7.52. The number of carboxylic acids is 1. The lowest BCUT2D eigenvalue weighted by molar-refractivity contribution is 0.0697. The Balaban J connectivity index is 2.35. The van der Waals surface area contributed by atoms with E-state index in [0.717, 1.165) is 18.7 Å². The van der Waals surface area contributed by atoms with Gasteiger partial charge in [0, 0.05) is 6.54 Å². The lowest BCUT2D eigenvalue weighted by atomic mass is 10.1. The van der Waals surface area contributed by atoms with Crippen LogP contribution in [-0.4, -0.2) is 41.6 Å². The van der Waals surface area contributed by atoms with Crippen LogP contribution in [0.4, 0.5) is 0 Å². The molecule has 1 aromatic rings. The molecule has 0 aliphatic carbocycles. The van der Waals surface area contributed by atoms with Gasteiger partial charge >= 0.3 is 5.97 Å². The van der Waals surface area contributed by atoms with Crippen molar-refractivity contribution in [2.45, 2.75) is 19.4 Å². The molecule has 3 nitrogen and oxygen atoms in total. The van der Waals surface area contributed by atoms with Gasteiger partial charge in [-0.25, -0.2) is 4.79 Å². The molecule has 0 amide bonds. The van der Waals surface area contributed by atoms with E-state index in [9.17, 15) is 4.79 Å². The Morgan fingerprint density at radius 3 is 2.50 bits per heavy atom. The quantitative estimate of drug-likeness (QED) is 0.735. The van der Waals surface area contributed by atoms with Crippen LogP contribution < -0.4 is 0 Å². The van der Waals surface area contributed by atoms with E-state index in [-0.39, 0.29) is 0 Å². The van der Waals surface area contributed by atoms with E-state index in [1.807, 2.05) is 23.9 Å². The van der Waals surface area contributed by atoms with Crippen molar-refractivity contribution in [1.29, 1.82) is 0 Å². The molecule has 0 radical (unpaired) electrons. The van der Waals surface area contributed by atoms with Gasteiger partial charge in [0.25, 0.3) is 0 Å². The Morgan fingerprint density at radius 2 is 1.94 bits per heavy atom. The van der Waals surface area contributed by atoms with Crippen molar-refractivity contribution >= 4 is 17.7 Å². The highest BCUT2D eigenvalue weighted by Gasteiger charge is 2.03. The van der Waals surface area contributed by atoms with Gasteiger partial charge in [0.15, 0.2) is 0 Å². The minimum atomic E-state index is -0.869. The molecular weight excluding hydrogens is 246 g/mol. The van der Waals surface area contributed by atoms with Gasteiger partial charge in [-0.05, 0) is 56.1 Å². The second-order valence-electron chi connectivity index (χ2n) is 4.44. The monoisotopic (exact) mass is 267 g/mol. The van der Waals surface area contributed by atoms with Crippen LogP contribution in [0.15, 0.2) is 24.3 Å². The van der Waals surface area contributed by atoms with Crippen molar-refractivity contribution < 1.29 is 9.90 Å². The van der Waals surface area contributed by atoms with Gasteiger partial charge in [0.2, 0.25) is 0 Å². The summed E-state index contributed by atoms with van der Waals surface area (Å²) < 4.78 is 0. The van der Waals surface area contributed by atoms with Gasteiger partial charge in [0.1, 0.15) is 0 Å². The average Bonchev–Trinajstić information content (AvgIpc) is 2.35. The highest BCUT2D eigenvalue weighted by molar-refractivity contribution is 7.98. The fourth-order valence-electron chi connectivity index (χ4n) is 1.77. The first kappa shape index (κ1) is 15.1. The van der Waals surface area contributed by atoms with E-state index in [4.69, 9.17) is 5.11 Å². The molecule has 100 valence electrons. The maximum Gasteiger partial charge on any atom is 0.335 e. The highest BCUT2D eigenvalue weighted by atomic mass is 32.2. The van der Waals surface area contributed by atoms with Crippen LogP contribution in [0.5, 0.6) is 0 Å². The Kier molecular flexibility index (Phi) is 6.83. The lowest BCUT2D eigenvalue weighted by Crippen LogP contribution is -2.19. The number of aromatic carboxylic acids is 1. The van der Waals surface area contributed by atoms with Gasteiger partial charge in [-0.1, -0.05) is 12.1 Å². The molecular formula is C14H21NO2S. The predicted octanol–water partition coefficient (Wildman–Crippen LogP) is 2.96. The summed E-state index contributed by atoms with van der Waals surface area (Å²) in [5.41, 5.74) is 1.51. The first-order valence-electron chi connectivity index (χ1n) is 6.13. The molecule has 18 heavy (non-hydrogen) atoms. The fourth-order valence-corrected chi connectivity index (χ4v) is 2.26. The number of thioether (sulfide) groups is 1. The van der Waals surface area contributed by atoms with Crippen LogP contribution in [0.3, 0.4) is 0 Å². The number of carbonyl (C=O) groups is 1. The van der Waals surface area contributed by atoms with Crippen LogP contribution in [0.25, 0.3) is 0 Å². The molecule has 1 rings (SSSR count). The fraction of sp³-hybridized carbons (Fsp3) is 0.500. The van der Waals surface area contributed by atoms with E-state index >= 15 is 0 Å². The van der Waals surface area contributed by atoms with Crippen molar-refractivity contribution in [3.63, 3.8) is 0 Å². The zero-order chi connectivity index (χ0) is 13.4. The number of nitrogens with zero attached hydrogens (tertiary/aromatic N) is 1. The third-order valence-electron chi connectivity index (χ3n) is 2.79. The van der Waals surface area contributed by atoms with Crippen molar-refractivity contribution in [3.05, 3.63) is 35.4 Å². The topological polar surface area (TPSA) is 40.5 Å². The van der Waals surface area contributed by atoms with E-state index in [0.29, 0.717) is 5.56 Å². The summed E-state index contributed by atoms with van der Waals surface area (Å²) in [4.78, 5) is 13.0. The van der Waals surface area contributed by atoms with E-state index in [1.165, 1.54) is 18.6 Å². The molecule has 4 heteroatoms. The summed E-state index contributed by atoms with van der Waals surface area (Å²) in [6.07, 6.45) is 4.60. The minimum Gasteiger partial charge on any atom is -0.478 e. The van der Waals surface area contributed by atoms with Gasteiger partial charge in [0.05, 0.1) is 5.56 Å². The summed E-state index contributed by atoms with van der Waals surface area (Å²) >= 11 is 1.89. The van der Waals surface area contributed by atoms with Crippen molar-refractivity contribution in [3.8, 4) is 0 Å². The summed E-state index contributed by atoms with van der Waals surface area (Å²) in [6, 6.07) is 7.11. The largest absolute Gasteiger partial charge is 0.478 e. The molecule has 0 atom stereocenters. The number of unbranched alkanes of at least 4 members (excludes halogenated alkanes) is 1. The number of hydrogen-bond acceptors (Lipinski definition) is 3. The van der Waals surface area contributed by atoms with Crippen LogP contribution in [0.2, 0.25) is 0 Å². The number of benzene rings is 1. The maximum atomic E-state index is 10.7. The summed E-state index contributed by atoms with van der Waals surface area (Å²) in [5.74, 6) is 0.355. The van der Waals surface area contributed by atoms with E-state index < -0.39 is 5.97 Å². The van der Waals surface area contributed by atoms with Crippen LogP contribution >= 0.6 is 11.8 Å². The second kappa shape index (κ2) is 8.16. The second-order valence-corrected chi connectivity index (χ2v) is 5.43.